The zero-order valence-electron chi connectivity index (χ0n) is 15.8. The van der Waals surface area contributed by atoms with Crippen LogP contribution in [0.15, 0.2) is 60.8 Å². The number of rotatable bonds is 4. The van der Waals surface area contributed by atoms with Crippen LogP contribution in [0.5, 0.6) is 0 Å². The van der Waals surface area contributed by atoms with Crippen LogP contribution < -0.4 is 0 Å². The van der Waals surface area contributed by atoms with Gasteiger partial charge >= 0.3 is 0 Å². The molecule has 1 fully saturated rings. The van der Waals surface area contributed by atoms with Crippen molar-refractivity contribution >= 4 is 5.91 Å². The zero-order chi connectivity index (χ0) is 20.4. The van der Waals surface area contributed by atoms with Gasteiger partial charge in [0.2, 0.25) is 0 Å². The molecule has 3 aromatic rings. The summed E-state index contributed by atoms with van der Waals surface area (Å²) < 4.78 is 15.0. The summed E-state index contributed by atoms with van der Waals surface area (Å²) in [5, 5.41) is 24.1. The van der Waals surface area contributed by atoms with E-state index in [-0.39, 0.29) is 30.8 Å². The van der Waals surface area contributed by atoms with E-state index in [0.29, 0.717) is 29.8 Å². The second-order valence-electron chi connectivity index (χ2n) is 7.23. The van der Waals surface area contributed by atoms with E-state index in [2.05, 4.69) is 5.10 Å². The van der Waals surface area contributed by atoms with Crippen LogP contribution in [0.3, 0.4) is 0 Å². The monoisotopic (exact) mass is 395 g/mol. The highest BCUT2D eigenvalue weighted by Crippen LogP contribution is 2.27. The fraction of sp³-hybridized carbons (Fsp3) is 0.273. The van der Waals surface area contributed by atoms with Gasteiger partial charge in [-0.1, -0.05) is 18.2 Å². The summed E-state index contributed by atoms with van der Waals surface area (Å²) in [4.78, 5) is 14.9. The molecule has 29 heavy (non-hydrogen) atoms. The second-order valence-corrected chi connectivity index (χ2v) is 7.23. The molecule has 1 saturated heterocycles. The Labute approximate surface area is 167 Å². The zero-order valence-corrected chi connectivity index (χ0v) is 15.8. The molecule has 2 atom stereocenters. The predicted molar refractivity (Wildman–Crippen MR) is 106 cm³/mol. The average molecular weight is 395 g/mol. The van der Waals surface area contributed by atoms with Gasteiger partial charge in [-0.2, -0.15) is 5.10 Å². The highest BCUT2D eigenvalue weighted by Gasteiger charge is 2.32. The second kappa shape index (κ2) is 8.14. The number of nitrogens with zero attached hydrogens (tertiary/aromatic N) is 3. The number of aliphatic hydroxyl groups is 2. The number of amides is 1. The molecule has 1 amide bonds. The minimum atomic E-state index is -0.618. The minimum Gasteiger partial charge on any atom is -0.396 e. The number of aromatic nitrogens is 2. The highest BCUT2D eigenvalue weighted by atomic mass is 19.1. The lowest BCUT2D eigenvalue weighted by Gasteiger charge is -2.35. The van der Waals surface area contributed by atoms with Gasteiger partial charge in [0, 0.05) is 30.8 Å². The van der Waals surface area contributed by atoms with Crippen molar-refractivity contribution in [2.45, 2.75) is 12.5 Å². The quantitative estimate of drug-likeness (QED) is 0.712. The number of piperidine rings is 1. The maximum Gasteiger partial charge on any atom is 0.257 e. The molecule has 2 N–H and O–H groups in total. The summed E-state index contributed by atoms with van der Waals surface area (Å²) in [5.74, 6) is -0.956. The van der Waals surface area contributed by atoms with Crippen LogP contribution in [0.25, 0.3) is 16.9 Å². The molecule has 6 nitrogen and oxygen atoms in total. The first-order valence-electron chi connectivity index (χ1n) is 9.56. The molecule has 0 spiro atoms. The van der Waals surface area contributed by atoms with Crippen molar-refractivity contribution in [3.05, 3.63) is 72.2 Å². The number of hydrogen-bond donors (Lipinski definition) is 2. The van der Waals surface area contributed by atoms with Crippen molar-refractivity contribution in [2.75, 3.05) is 19.7 Å². The van der Waals surface area contributed by atoms with E-state index in [0.717, 1.165) is 5.69 Å². The van der Waals surface area contributed by atoms with E-state index in [4.69, 9.17) is 0 Å². The van der Waals surface area contributed by atoms with Gasteiger partial charge in [-0.15, -0.1) is 0 Å². The Hall–Kier alpha value is -3.03. The number of benzene rings is 2. The Morgan fingerprint density at radius 1 is 1.14 bits per heavy atom. The lowest BCUT2D eigenvalue weighted by atomic mass is 9.95. The van der Waals surface area contributed by atoms with Crippen LogP contribution in [0, 0.1) is 11.7 Å². The van der Waals surface area contributed by atoms with Crippen LogP contribution in [0.4, 0.5) is 4.39 Å². The Balaban J connectivity index is 1.73. The van der Waals surface area contributed by atoms with Crippen molar-refractivity contribution < 1.29 is 19.4 Å². The largest absolute Gasteiger partial charge is 0.396 e. The van der Waals surface area contributed by atoms with Crippen LogP contribution in [0.1, 0.15) is 16.8 Å². The Bertz CT molecular complexity index is 988. The molecule has 1 aromatic heterocycles. The van der Waals surface area contributed by atoms with E-state index in [1.807, 2.05) is 30.3 Å². The van der Waals surface area contributed by atoms with Gasteiger partial charge in [-0.3, -0.25) is 4.79 Å². The fourth-order valence-corrected chi connectivity index (χ4v) is 3.62. The van der Waals surface area contributed by atoms with E-state index < -0.39 is 6.10 Å². The molecular weight excluding hydrogens is 373 g/mol. The first kappa shape index (κ1) is 19.3. The van der Waals surface area contributed by atoms with E-state index >= 15 is 0 Å². The molecule has 4 rings (SSSR count). The summed E-state index contributed by atoms with van der Waals surface area (Å²) in [6.07, 6.45) is 1.47. The van der Waals surface area contributed by atoms with Gasteiger partial charge in [0.05, 0.1) is 24.0 Å². The van der Waals surface area contributed by atoms with E-state index in [9.17, 15) is 19.4 Å². The molecule has 1 aliphatic rings. The van der Waals surface area contributed by atoms with Crippen LogP contribution in [0.2, 0.25) is 0 Å². The fourth-order valence-electron chi connectivity index (χ4n) is 3.62. The number of likely N-dealkylation sites (tertiary alicyclic amines) is 1. The third-order valence-electron chi connectivity index (χ3n) is 5.30. The summed E-state index contributed by atoms with van der Waals surface area (Å²) >= 11 is 0. The summed E-state index contributed by atoms with van der Waals surface area (Å²) in [7, 11) is 0. The Morgan fingerprint density at radius 2 is 1.86 bits per heavy atom. The van der Waals surface area contributed by atoms with Crippen molar-refractivity contribution in [3.63, 3.8) is 0 Å². The van der Waals surface area contributed by atoms with Crippen LogP contribution >= 0.6 is 0 Å². The van der Waals surface area contributed by atoms with Crippen molar-refractivity contribution in [2.24, 2.45) is 5.92 Å². The first-order valence-corrected chi connectivity index (χ1v) is 9.56. The standard InChI is InChI=1S/C22H22FN3O3/c23-17-8-6-15(7-9-17)21-19(13-26(24-21)18-4-2-1-3-5-18)22(29)25-11-10-20(28)16(12-25)14-27/h1-9,13,16,20,27-28H,10-12,14H2/t16-,20-/m0/s1. The first-order chi connectivity index (χ1) is 14.1. The van der Waals surface area contributed by atoms with Crippen molar-refractivity contribution in [1.29, 1.82) is 0 Å². The summed E-state index contributed by atoms with van der Waals surface area (Å²) in [6.45, 7) is 0.491. The molecule has 0 saturated carbocycles. The SMILES string of the molecule is O=C(c1cn(-c2ccccc2)nc1-c1ccc(F)cc1)N1CC[C@H](O)[C@H](CO)C1. The molecule has 0 radical (unpaired) electrons. The number of para-hydroxylation sites is 1. The van der Waals surface area contributed by atoms with Gasteiger partial charge < -0.3 is 15.1 Å². The number of carbonyl (C=O) groups excluding carboxylic acids is 1. The van der Waals surface area contributed by atoms with Gasteiger partial charge in [0.15, 0.2) is 0 Å². The molecule has 0 bridgehead atoms. The number of halogens is 1. The van der Waals surface area contributed by atoms with Crippen LogP contribution in [-0.2, 0) is 0 Å². The van der Waals surface area contributed by atoms with Crippen LogP contribution in [-0.4, -0.2) is 56.6 Å². The molecule has 0 aliphatic carbocycles. The number of aliphatic hydroxyl groups excluding tert-OH is 2. The highest BCUT2D eigenvalue weighted by molar-refractivity contribution is 6.00. The van der Waals surface area contributed by atoms with Gasteiger partial charge in [-0.05, 0) is 42.8 Å². The van der Waals surface area contributed by atoms with E-state index in [1.54, 1.807) is 27.9 Å². The molecule has 1 aliphatic heterocycles. The maximum atomic E-state index is 13.4. The van der Waals surface area contributed by atoms with Gasteiger partial charge in [0.25, 0.3) is 5.91 Å². The summed E-state index contributed by atoms with van der Waals surface area (Å²) in [5.41, 5.74) is 2.30. The van der Waals surface area contributed by atoms with Gasteiger partial charge in [-0.25, -0.2) is 9.07 Å². The minimum absolute atomic E-state index is 0.182. The molecule has 150 valence electrons. The third kappa shape index (κ3) is 3.92. The lowest BCUT2D eigenvalue weighted by molar-refractivity contribution is 0.00347. The topological polar surface area (TPSA) is 78.6 Å². The van der Waals surface area contributed by atoms with Crippen molar-refractivity contribution in [1.82, 2.24) is 14.7 Å². The normalized spacial score (nSPS) is 19.3. The maximum absolute atomic E-state index is 13.4. The molecule has 7 heteroatoms. The molecule has 0 unspecified atom stereocenters. The molecule has 2 aromatic carbocycles. The van der Waals surface area contributed by atoms with Crippen molar-refractivity contribution in [3.8, 4) is 16.9 Å². The van der Waals surface area contributed by atoms with Gasteiger partial charge in [0.1, 0.15) is 11.5 Å². The molecular formula is C22H22FN3O3. The van der Waals surface area contributed by atoms with E-state index in [1.165, 1.54) is 12.1 Å². The summed E-state index contributed by atoms with van der Waals surface area (Å²) in [6, 6.07) is 15.3. The Morgan fingerprint density at radius 3 is 2.55 bits per heavy atom. The molecule has 2 heterocycles. The smallest absolute Gasteiger partial charge is 0.257 e. The lowest BCUT2D eigenvalue weighted by Crippen LogP contribution is -2.47. The third-order valence-corrected chi connectivity index (χ3v) is 5.30. The number of hydrogen-bond acceptors (Lipinski definition) is 4. The number of carbonyl (C=O) groups is 1. The Kier molecular flexibility index (Phi) is 5.42. The predicted octanol–water partition coefficient (Wildman–Crippen LogP) is 2.49. The average Bonchev–Trinajstić information content (AvgIpc) is 3.20.